The molecule has 2 heteroatoms. The molecule has 0 radical (unpaired) electrons. The molecule has 0 fully saturated rings. The number of phenols is 1. The zero-order valence-corrected chi connectivity index (χ0v) is 13.7. The Hall–Kier alpha value is -0.770. The summed E-state index contributed by atoms with van der Waals surface area (Å²) >= 11 is 2.35. The minimum atomic E-state index is 0.407. The Labute approximate surface area is 124 Å². The fraction of sp³-hybridized carbons (Fsp3) is 0.375. The van der Waals surface area contributed by atoms with E-state index in [-0.39, 0.29) is 0 Å². The molecule has 0 aromatic heterocycles. The largest absolute Gasteiger partial charge is 0.508 e. The van der Waals surface area contributed by atoms with Crippen LogP contribution >= 0.6 is 22.6 Å². The summed E-state index contributed by atoms with van der Waals surface area (Å²) in [6.07, 6.45) is 6.07. The molecule has 0 amide bonds. The van der Waals surface area contributed by atoms with Gasteiger partial charge >= 0.3 is 0 Å². The summed E-state index contributed by atoms with van der Waals surface area (Å²) < 4.78 is 1.22. The highest BCUT2D eigenvalue weighted by Crippen LogP contribution is 2.28. The summed E-state index contributed by atoms with van der Waals surface area (Å²) in [5.41, 5.74) is 4.89. The van der Waals surface area contributed by atoms with Crippen LogP contribution in [0.3, 0.4) is 0 Å². The van der Waals surface area contributed by atoms with Crippen LogP contribution < -0.4 is 0 Å². The molecule has 0 spiro atoms. The predicted molar refractivity (Wildman–Crippen MR) is 87.1 cm³/mol. The molecule has 1 aromatic carbocycles. The molecule has 1 aromatic rings. The molecular formula is C16H21IO. The Kier molecular flexibility index (Phi) is 5.93. The highest BCUT2D eigenvalue weighted by Gasteiger charge is 2.09. The maximum absolute atomic E-state index is 10.0. The van der Waals surface area contributed by atoms with Gasteiger partial charge in [-0.2, -0.15) is 0 Å². The second-order valence-corrected chi connectivity index (χ2v) is 6.16. The highest BCUT2D eigenvalue weighted by molar-refractivity contribution is 14.1. The molecule has 0 bridgehead atoms. The van der Waals surface area contributed by atoms with Crippen molar-refractivity contribution in [3.8, 4) is 5.75 Å². The summed E-state index contributed by atoms with van der Waals surface area (Å²) in [5.74, 6) is 0.407. The third-order valence-corrected chi connectivity index (χ3v) is 3.79. The minimum absolute atomic E-state index is 0.407. The van der Waals surface area contributed by atoms with Crippen molar-refractivity contribution in [2.45, 2.75) is 40.5 Å². The topological polar surface area (TPSA) is 20.2 Å². The quantitative estimate of drug-likeness (QED) is 0.594. The predicted octanol–water partition coefficient (Wildman–Crippen LogP) is 5.01. The zero-order valence-electron chi connectivity index (χ0n) is 11.5. The number of allylic oxidation sites excluding steroid dienone is 4. The van der Waals surface area contributed by atoms with Crippen molar-refractivity contribution in [1.82, 2.24) is 0 Å². The van der Waals surface area contributed by atoms with Gasteiger partial charge in [0.25, 0.3) is 0 Å². The van der Waals surface area contributed by atoms with Crippen LogP contribution in [-0.2, 0) is 12.8 Å². The van der Waals surface area contributed by atoms with E-state index in [1.807, 2.05) is 6.07 Å². The first kappa shape index (κ1) is 15.3. The van der Waals surface area contributed by atoms with E-state index in [2.05, 4.69) is 62.4 Å². The van der Waals surface area contributed by atoms with E-state index in [4.69, 9.17) is 0 Å². The molecule has 98 valence electrons. The number of benzene rings is 1. The normalized spacial score (nSPS) is 10.1. The third-order valence-electron chi connectivity index (χ3n) is 2.78. The Morgan fingerprint density at radius 3 is 2.00 bits per heavy atom. The number of rotatable bonds is 4. The van der Waals surface area contributed by atoms with Crippen LogP contribution in [-0.4, -0.2) is 5.11 Å². The van der Waals surface area contributed by atoms with Crippen molar-refractivity contribution in [1.29, 1.82) is 0 Å². The molecule has 0 saturated heterocycles. The maximum Gasteiger partial charge on any atom is 0.119 e. The summed E-state index contributed by atoms with van der Waals surface area (Å²) in [6.45, 7) is 8.37. The molecule has 1 rings (SSSR count). The highest BCUT2D eigenvalue weighted by atomic mass is 127. The van der Waals surface area contributed by atoms with Gasteiger partial charge in [-0.3, -0.25) is 0 Å². The van der Waals surface area contributed by atoms with Crippen LogP contribution in [0.2, 0.25) is 0 Å². The van der Waals surface area contributed by atoms with E-state index >= 15 is 0 Å². The smallest absolute Gasteiger partial charge is 0.119 e. The van der Waals surface area contributed by atoms with Crippen LogP contribution in [0.15, 0.2) is 35.4 Å². The number of phenolic OH excluding ortho intramolecular Hbond substituents is 1. The Morgan fingerprint density at radius 2 is 1.50 bits per heavy atom. The van der Waals surface area contributed by atoms with E-state index in [0.717, 1.165) is 18.4 Å². The van der Waals surface area contributed by atoms with Crippen LogP contribution in [0.25, 0.3) is 0 Å². The van der Waals surface area contributed by atoms with Gasteiger partial charge < -0.3 is 5.11 Å². The molecule has 18 heavy (non-hydrogen) atoms. The average molecular weight is 356 g/mol. The lowest BCUT2D eigenvalue weighted by Gasteiger charge is -2.11. The molecular weight excluding hydrogens is 335 g/mol. The number of aromatic hydroxyl groups is 1. The lowest BCUT2D eigenvalue weighted by Crippen LogP contribution is -1.97. The second-order valence-electron chi connectivity index (χ2n) is 4.99. The van der Waals surface area contributed by atoms with E-state index < -0.39 is 0 Å². The van der Waals surface area contributed by atoms with Gasteiger partial charge in [-0.25, -0.2) is 0 Å². The van der Waals surface area contributed by atoms with Crippen molar-refractivity contribution in [2.24, 2.45) is 0 Å². The minimum Gasteiger partial charge on any atom is -0.508 e. The third kappa shape index (κ3) is 4.48. The fourth-order valence-electron chi connectivity index (χ4n) is 1.71. The van der Waals surface area contributed by atoms with Gasteiger partial charge in [-0.15, -0.1) is 0 Å². The standard InChI is InChI=1S/C16H21IO/c1-11(2)5-7-13-14(8-6-12(3)4)16(18)10-9-15(13)17/h5-6,9-10,18H,7-8H2,1-4H3. The van der Waals surface area contributed by atoms with Gasteiger partial charge in [0.2, 0.25) is 0 Å². The molecule has 0 unspecified atom stereocenters. The van der Waals surface area contributed by atoms with Gasteiger partial charge in [-0.05, 0) is 80.8 Å². The number of hydrogen-bond acceptors (Lipinski definition) is 1. The Morgan fingerprint density at radius 1 is 1.00 bits per heavy atom. The molecule has 0 saturated carbocycles. The van der Waals surface area contributed by atoms with Crippen LogP contribution in [0.5, 0.6) is 5.75 Å². The summed E-state index contributed by atoms with van der Waals surface area (Å²) in [5, 5.41) is 10.0. The lowest BCUT2D eigenvalue weighted by atomic mass is 9.99. The number of hydrogen-bond donors (Lipinski definition) is 1. The first-order valence-corrected chi connectivity index (χ1v) is 7.25. The Balaban J connectivity index is 3.16. The van der Waals surface area contributed by atoms with Crippen molar-refractivity contribution in [2.75, 3.05) is 0 Å². The average Bonchev–Trinajstić information content (AvgIpc) is 2.28. The van der Waals surface area contributed by atoms with E-state index in [0.29, 0.717) is 5.75 Å². The van der Waals surface area contributed by atoms with Crippen LogP contribution in [0.4, 0.5) is 0 Å². The van der Waals surface area contributed by atoms with Crippen molar-refractivity contribution >= 4 is 22.6 Å². The summed E-state index contributed by atoms with van der Waals surface area (Å²) in [7, 11) is 0. The summed E-state index contributed by atoms with van der Waals surface area (Å²) in [6, 6.07) is 3.78. The molecule has 0 aliphatic rings. The van der Waals surface area contributed by atoms with Crippen LogP contribution in [0, 0.1) is 3.57 Å². The zero-order chi connectivity index (χ0) is 13.7. The SMILES string of the molecule is CC(C)=CCc1c(O)ccc(I)c1CC=C(C)C. The van der Waals surface area contributed by atoms with Crippen molar-refractivity contribution in [3.63, 3.8) is 0 Å². The van der Waals surface area contributed by atoms with Gasteiger partial charge in [-0.1, -0.05) is 23.3 Å². The molecule has 0 aliphatic carbocycles. The van der Waals surface area contributed by atoms with Crippen molar-refractivity contribution in [3.05, 3.63) is 50.1 Å². The number of halogens is 1. The molecule has 1 N–H and O–H groups in total. The second kappa shape index (κ2) is 6.98. The van der Waals surface area contributed by atoms with E-state index in [1.165, 1.54) is 20.3 Å². The maximum atomic E-state index is 10.0. The van der Waals surface area contributed by atoms with Gasteiger partial charge in [0.05, 0.1) is 0 Å². The molecule has 0 heterocycles. The lowest BCUT2D eigenvalue weighted by molar-refractivity contribution is 0.468. The van der Waals surface area contributed by atoms with Crippen LogP contribution in [0.1, 0.15) is 38.8 Å². The van der Waals surface area contributed by atoms with Gasteiger partial charge in [0, 0.05) is 9.13 Å². The molecule has 0 atom stereocenters. The Bertz CT molecular complexity index is 431. The fourth-order valence-corrected chi connectivity index (χ4v) is 2.44. The van der Waals surface area contributed by atoms with Gasteiger partial charge in [0.15, 0.2) is 0 Å². The van der Waals surface area contributed by atoms with Gasteiger partial charge in [0.1, 0.15) is 5.75 Å². The van der Waals surface area contributed by atoms with E-state index in [9.17, 15) is 5.11 Å². The molecule has 0 aliphatic heterocycles. The first-order chi connectivity index (χ1) is 8.41. The molecule has 1 nitrogen and oxygen atoms in total. The summed E-state index contributed by atoms with van der Waals surface area (Å²) in [4.78, 5) is 0. The van der Waals surface area contributed by atoms with E-state index in [1.54, 1.807) is 6.07 Å². The van der Waals surface area contributed by atoms with Crippen molar-refractivity contribution < 1.29 is 5.11 Å². The first-order valence-electron chi connectivity index (χ1n) is 6.17. The monoisotopic (exact) mass is 356 g/mol.